The Bertz CT molecular complexity index is 227. The van der Waals surface area contributed by atoms with Crippen LogP contribution in [0.25, 0.3) is 0 Å². The SMILES string of the molecule is CCC(C)(C)/C=C\C(NCI)=C(/C)O. The number of aliphatic hydroxyl groups excluding tert-OH is 1. The number of nitrogens with one attached hydrogen (secondary N) is 1. The van der Waals surface area contributed by atoms with Gasteiger partial charge in [0, 0.05) is 0 Å². The summed E-state index contributed by atoms with van der Waals surface area (Å²) < 4.78 is 0.794. The minimum Gasteiger partial charge on any atom is -0.510 e. The summed E-state index contributed by atoms with van der Waals surface area (Å²) in [6.45, 7) is 8.21. The van der Waals surface area contributed by atoms with Crippen molar-refractivity contribution in [2.45, 2.75) is 34.1 Å². The molecule has 0 unspecified atom stereocenters. The van der Waals surface area contributed by atoms with Gasteiger partial charge in [-0.2, -0.15) is 0 Å². The second kappa shape index (κ2) is 6.32. The van der Waals surface area contributed by atoms with Gasteiger partial charge in [-0.05, 0) is 24.8 Å². The van der Waals surface area contributed by atoms with Crippen molar-refractivity contribution in [1.29, 1.82) is 0 Å². The molecule has 0 spiro atoms. The molecule has 14 heavy (non-hydrogen) atoms. The Morgan fingerprint density at radius 3 is 2.43 bits per heavy atom. The van der Waals surface area contributed by atoms with Gasteiger partial charge < -0.3 is 10.4 Å². The van der Waals surface area contributed by atoms with Crippen molar-refractivity contribution in [2.24, 2.45) is 5.41 Å². The Labute approximate surface area is 101 Å². The molecule has 0 saturated heterocycles. The highest BCUT2D eigenvalue weighted by molar-refractivity contribution is 14.1. The highest BCUT2D eigenvalue weighted by Gasteiger charge is 2.10. The Morgan fingerprint density at radius 2 is 2.07 bits per heavy atom. The number of allylic oxidation sites excluding steroid dienone is 3. The maximum absolute atomic E-state index is 9.38. The van der Waals surface area contributed by atoms with Crippen LogP contribution in [-0.2, 0) is 0 Å². The first-order chi connectivity index (χ1) is 6.43. The predicted molar refractivity (Wildman–Crippen MR) is 70.6 cm³/mol. The van der Waals surface area contributed by atoms with E-state index in [9.17, 15) is 5.11 Å². The van der Waals surface area contributed by atoms with Crippen LogP contribution >= 0.6 is 22.6 Å². The van der Waals surface area contributed by atoms with E-state index in [0.717, 1.165) is 16.7 Å². The second-order valence-corrected chi connectivity index (χ2v) is 4.75. The van der Waals surface area contributed by atoms with E-state index in [2.05, 4.69) is 54.8 Å². The quantitative estimate of drug-likeness (QED) is 0.266. The molecule has 0 aliphatic carbocycles. The average Bonchev–Trinajstić information content (AvgIpc) is 2.12. The molecule has 0 aliphatic rings. The first-order valence-corrected chi connectivity index (χ1v) is 6.34. The second-order valence-electron chi connectivity index (χ2n) is 3.98. The minimum absolute atomic E-state index is 0.188. The standard InChI is InChI=1S/C11H20INO/c1-5-11(3,4)7-6-10(9(2)14)13-8-12/h6-7,13-14H,5,8H2,1-4H3/b7-6-,10-9-. The Kier molecular flexibility index (Phi) is 6.24. The smallest absolute Gasteiger partial charge is 0.112 e. The number of aliphatic hydroxyl groups is 1. The Hall–Kier alpha value is -0.190. The molecule has 0 rings (SSSR count). The average molecular weight is 309 g/mol. The zero-order valence-corrected chi connectivity index (χ0v) is 11.6. The molecule has 0 atom stereocenters. The molecule has 0 radical (unpaired) electrons. The van der Waals surface area contributed by atoms with Crippen LogP contribution in [0.5, 0.6) is 0 Å². The number of rotatable bonds is 5. The van der Waals surface area contributed by atoms with Crippen LogP contribution < -0.4 is 5.32 Å². The zero-order chi connectivity index (χ0) is 11.2. The van der Waals surface area contributed by atoms with Crippen LogP contribution in [0.15, 0.2) is 23.6 Å². The first-order valence-electron chi connectivity index (χ1n) is 4.82. The fourth-order valence-electron chi connectivity index (χ4n) is 0.806. The van der Waals surface area contributed by atoms with Crippen LogP contribution in [0, 0.1) is 5.41 Å². The normalized spacial score (nSPS) is 14.4. The van der Waals surface area contributed by atoms with Crippen molar-refractivity contribution in [3.05, 3.63) is 23.6 Å². The molecule has 0 aromatic rings. The van der Waals surface area contributed by atoms with E-state index in [1.54, 1.807) is 6.92 Å². The highest BCUT2D eigenvalue weighted by atomic mass is 127. The van der Waals surface area contributed by atoms with Gasteiger partial charge in [0.25, 0.3) is 0 Å². The highest BCUT2D eigenvalue weighted by Crippen LogP contribution is 2.21. The van der Waals surface area contributed by atoms with Crippen molar-refractivity contribution in [1.82, 2.24) is 5.32 Å². The topological polar surface area (TPSA) is 32.3 Å². The van der Waals surface area contributed by atoms with Crippen molar-refractivity contribution >= 4 is 22.6 Å². The molecule has 2 N–H and O–H groups in total. The van der Waals surface area contributed by atoms with E-state index in [4.69, 9.17) is 0 Å². The van der Waals surface area contributed by atoms with E-state index in [1.165, 1.54) is 0 Å². The number of halogens is 1. The van der Waals surface area contributed by atoms with Gasteiger partial charge in [-0.25, -0.2) is 0 Å². The largest absolute Gasteiger partial charge is 0.510 e. The molecule has 2 nitrogen and oxygen atoms in total. The summed E-state index contributed by atoms with van der Waals surface area (Å²) in [6.07, 6.45) is 5.17. The summed E-state index contributed by atoms with van der Waals surface area (Å²) in [7, 11) is 0. The van der Waals surface area contributed by atoms with E-state index in [0.29, 0.717) is 5.76 Å². The molecule has 82 valence electrons. The molecular formula is C11H20INO. The number of alkyl halides is 1. The van der Waals surface area contributed by atoms with Crippen molar-refractivity contribution in [2.75, 3.05) is 4.55 Å². The lowest BCUT2D eigenvalue weighted by molar-refractivity contribution is 0.404. The van der Waals surface area contributed by atoms with Crippen molar-refractivity contribution in [3.63, 3.8) is 0 Å². The van der Waals surface area contributed by atoms with Crippen LogP contribution in [0.4, 0.5) is 0 Å². The van der Waals surface area contributed by atoms with Gasteiger partial charge in [0.2, 0.25) is 0 Å². The third kappa shape index (κ3) is 5.52. The summed E-state index contributed by atoms with van der Waals surface area (Å²) in [5.41, 5.74) is 0.995. The zero-order valence-electron chi connectivity index (χ0n) is 9.39. The molecule has 0 aromatic heterocycles. The molecule has 0 fully saturated rings. The molecular weight excluding hydrogens is 289 g/mol. The summed E-state index contributed by atoms with van der Waals surface area (Å²) in [4.78, 5) is 0. The molecule has 3 heteroatoms. The summed E-state index contributed by atoms with van der Waals surface area (Å²) in [5, 5.41) is 12.5. The molecule has 0 aliphatic heterocycles. The Morgan fingerprint density at radius 1 is 1.50 bits per heavy atom. The summed E-state index contributed by atoms with van der Waals surface area (Å²) in [6, 6.07) is 0. The molecule has 0 heterocycles. The fraction of sp³-hybridized carbons (Fsp3) is 0.636. The number of hydrogen-bond donors (Lipinski definition) is 2. The molecule has 0 aromatic carbocycles. The molecule has 0 saturated carbocycles. The summed E-state index contributed by atoms with van der Waals surface area (Å²) in [5.74, 6) is 0.338. The van der Waals surface area contributed by atoms with Gasteiger partial charge in [-0.15, -0.1) is 0 Å². The van der Waals surface area contributed by atoms with Crippen LogP contribution in [0.1, 0.15) is 34.1 Å². The monoisotopic (exact) mass is 309 g/mol. The van der Waals surface area contributed by atoms with E-state index < -0.39 is 0 Å². The van der Waals surface area contributed by atoms with Crippen LogP contribution in [0.2, 0.25) is 0 Å². The van der Waals surface area contributed by atoms with Gasteiger partial charge in [0.15, 0.2) is 0 Å². The number of hydrogen-bond acceptors (Lipinski definition) is 2. The van der Waals surface area contributed by atoms with Crippen LogP contribution in [0.3, 0.4) is 0 Å². The van der Waals surface area contributed by atoms with Gasteiger partial charge in [0.1, 0.15) is 5.76 Å². The lowest BCUT2D eigenvalue weighted by Gasteiger charge is -2.17. The Balaban J connectivity index is 4.54. The van der Waals surface area contributed by atoms with Crippen molar-refractivity contribution < 1.29 is 5.11 Å². The van der Waals surface area contributed by atoms with Crippen molar-refractivity contribution in [3.8, 4) is 0 Å². The van der Waals surface area contributed by atoms with Gasteiger partial charge in [-0.1, -0.05) is 49.4 Å². The van der Waals surface area contributed by atoms with E-state index in [1.807, 2.05) is 6.08 Å². The molecule has 0 amide bonds. The third-order valence-corrected chi connectivity index (χ3v) is 2.64. The predicted octanol–water partition coefficient (Wildman–Crippen LogP) is 3.75. The first kappa shape index (κ1) is 13.8. The van der Waals surface area contributed by atoms with Gasteiger partial charge in [-0.3, -0.25) is 0 Å². The van der Waals surface area contributed by atoms with Crippen LogP contribution in [-0.4, -0.2) is 9.66 Å². The van der Waals surface area contributed by atoms with E-state index in [-0.39, 0.29) is 5.41 Å². The molecule has 0 bridgehead atoms. The lowest BCUT2D eigenvalue weighted by atomic mass is 9.90. The maximum Gasteiger partial charge on any atom is 0.112 e. The van der Waals surface area contributed by atoms with Gasteiger partial charge in [0.05, 0.1) is 10.2 Å². The van der Waals surface area contributed by atoms with Gasteiger partial charge >= 0.3 is 0 Å². The third-order valence-electron chi connectivity index (χ3n) is 2.26. The summed E-state index contributed by atoms with van der Waals surface area (Å²) >= 11 is 2.22. The van der Waals surface area contributed by atoms with E-state index >= 15 is 0 Å². The maximum atomic E-state index is 9.38. The lowest BCUT2D eigenvalue weighted by Crippen LogP contribution is -2.12. The fourth-order valence-corrected chi connectivity index (χ4v) is 1.22. The minimum atomic E-state index is 0.188.